The zero-order chi connectivity index (χ0) is 30.0. The minimum atomic E-state index is -4.65. The predicted molar refractivity (Wildman–Crippen MR) is 157 cm³/mol. The van der Waals surface area contributed by atoms with Gasteiger partial charge in [-0.2, -0.15) is 23.4 Å². The van der Waals surface area contributed by atoms with Crippen LogP contribution in [-0.2, 0) is 23.8 Å². The van der Waals surface area contributed by atoms with Gasteiger partial charge in [-0.25, -0.2) is 4.98 Å². The fraction of sp³-hybridized carbons (Fsp3) is 0.226. The lowest BCUT2D eigenvalue weighted by Crippen LogP contribution is -2.32. The number of hydrogen-bond donors (Lipinski definition) is 3. The van der Waals surface area contributed by atoms with E-state index in [1.54, 1.807) is 6.20 Å². The molecule has 220 valence electrons. The Hall–Kier alpha value is -5.33. The number of carbonyl (C=O) groups excluding carboxylic acids is 1. The topological polar surface area (TPSA) is 126 Å². The second kappa shape index (κ2) is 9.86. The van der Waals surface area contributed by atoms with E-state index in [4.69, 9.17) is 4.98 Å². The van der Waals surface area contributed by atoms with Crippen LogP contribution in [0.1, 0.15) is 40.3 Å². The van der Waals surface area contributed by atoms with Crippen molar-refractivity contribution in [2.24, 2.45) is 11.0 Å². The summed E-state index contributed by atoms with van der Waals surface area (Å²) in [5.41, 5.74) is 8.94. The normalized spacial score (nSPS) is 20.2. The van der Waals surface area contributed by atoms with Crippen molar-refractivity contribution in [2.45, 2.75) is 37.4 Å². The van der Waals surface area contributed by atoms with Crippen LogP contribution in [0.5, 0.6) is 0 Å². The first-order valence-corrected chi connectivity index (χ1v) is 14.2. The number of fused-ring (bicyclic) bond motifs is 6. The lowest BCUT2D eigenvalue weighted by molar-refractivity contribution is -0.137. The maximum Gasteiger partial charge on any atom is 0.418 e. The minimum Gasteiger partial charge on any atom is -0.326 e. The number of hydrazone groups is 1. The van der Waals surface area contributed by atoms with E-state index in [0.29, 0.717) is 19.3 Å². The van der Waals surface area contributed by atoms with E-state index in [0.717, 1.165) is 50.6 Å². The van der Waals surface area contributed by atoms with Gasteiger partial charge in [-0.3, -0.25) is 14.5 Å². The molecule has 3 aliphatic rings. The van der Waals surface area contributed by atoms with Gasteiger partial charge in [0.05, 0.1) is 40.4 Å². The molecule has 5 aromatic rings. The molecule has 0 saturated carbocycles. The molecule has 3 N–H and O–H groups in total. The number of anilines is 1. The number of pyridine rings is 1. The van der Waals surface area contributed by atoms with Crippen LogP contribution >= 0.6 is 0 Å². The average molecular weight is 596 g/mol. The molecular formula is C31H24F3N9O. The second-order valence-electron chi connectivity index (χ2n) is 11.2. The maximum atomic E-state index is 14.0. The Morgan fingerprint density at radius 1 is 1.07 bits per heavy atom. The Bertz CT molecular complexity index is 1990. The van der Waals surface area contributed by atoms with E-state index in [-0.39, 0.29) is 29.2 Å². The molecule has 3 unspecified atom stereocenters. The molecule has 3 atom stereocenters. The summed E-state index contributed by atoms with van der Waals surface area (Å²) in [6.45, 7) is 0. The lowest BCUT2D eigenvalue weighted by atomic mass is 9.74. The van der Waals surface area contributed by atoms with Crippen LogP contribution in [0.3, 0.4) is 0 Å². The molecule has 0 fully saturated rings. The van der Waals surface area contributed by atoms with E-state index in [9.17, 15) is 18.0 Å². The molecule has 1 aliphatic heterocycles. The van der Waals surface area contributed by atoms with Crippen LogP contribution in [0.15, 0.2) is 66.4 Å². The number of aromatic amines is 1. The van der Waals surface area contributed by atoms with Crippen molar-refractivity contribution in [2.75, 3.05) is 5.32 Å². The molecule has 1 amide bonds. The summed E-state index contributed by atoms with van der Waals surface area (Å²) in [6, 6.07) is 9.74. The van der Waals surface area contributed by atoms with Gasteiger partial charge in [0.2, 0.25) is 5.91 Å². The Morgan fingerprint density at radius 3 is 2.77 bits per heavy atom. The van der Waals surface area contributed by atoms with E-state index >= 15 is 0 Å². The average Bonchev–Trinajstić information content (AvgIpc) is 3.81. The van der Waals surface area contributed by atoms with Crippen LogP contribution in [-0.4, -0.2) is 48.1 Å². The van der Waals surface area contributed by atoms with Gasteiger partial charge < -0.3 is 10.7 Å². The summed E-state index contributed by atoms with van der Waals surface area (Å²) in [5, 5.41) is 22.3. The highest BCUT2D eigenvalue weighted by Crippen LogP contribution is 2.43. The van der Waals surface area contributed by atoms with Crippen molar-refractivity contribution in [3.05, 3.63) is 89.3 Å². The first-order chi connectivity index (χ1) is 21.3. The Morgan fingerprint density at radius 2 is 1.93 bits per heavy atom. The monoisotopic (exact) mass is 595 g/mol. The third kappa shape index (κ3) is 4.34. The van der Waals surface area contributed by atoms with Gasteiger partial charge in [0, 0.05) is 34.7 Å². The molecule has 10 nitrogen and oxygen atoms in total. The van der Waals surface area contributed by atoms with E-state index in [2.05, 4.69) is 42.3 Å². The highest BCUT2D eigenvalue weighted by Gasteiger charge is 2.38. The number of benzene rings is 2. The highest BCUT2D eigenvalue weighted by atomic mass is 19.4. The molecule has 8 rings (SSSR count). The number of nitrogens with zero attached hydrogens (tertiary/aromatic N) is 6. The number of halogens is 3. The predicted octanol–water partition coefficient (Wildman–Crippen LogP) is 5.04. The summed E-state index contributed by atoms with van der Waals surface area (Å²) in [7, 11) is 0. The number of nitrogens with one attached hydrogen (secondary N) is 3. The molecule has 2 aliphatic carbocycles. The SMILES string of the molecule is O=C(Nc1ccc(-n2cnnc2)c(C(F)(F)F)c1)C1CCc2c(c(-c3ccc4[nH]ncc4c3)nc3c2C2C=NNC2C=C3)C1. The summed E-state index contributed by atoms with van der Waals surface area (Å²) in [5.74, 6) is -0.760. The molecule has 0 radical (unpaired) electrons. The minimum absolute atomic E-state index is 0.0389. The largest absolute Gasteiger partial charge is 0.418 e. The highest BCUT2D eigenvalue weighted by molar-refractivity contribution is 5.94. The zero-order valence-corrected chi connectivity index (χ0v) is 23.0. The number of carbonyl (C=O) groups is 1. The van der Waals surface area contributed by atoms with Gasteiger partial charge in [0.25, 0.3) is 0 Å². The standard InChI is InChI=1S/C31H24F3N9O/c32-31(33,34)23-11-19(3-8-27(23)43-14-37-38-15-43)39-30(44)17-1-4-20-21(10-17)29(16-2-5-24-18(9-16)12-35-41-24)40-26-7-6-25-22(28(20)26)13-36-42-25/h2-3,5-9,11-15,17,22,25,42H,1,4,10H2,(H,35,41)(H,39,44). The van der Waals surface area contributed by atoms with Gasteiger partial charge in [-0.05, 0) is 72.4 Å². The van der Waals surface area contributed by atoms with Crippen molar-refractivity contribution < 1.29 is 18.0 Å². The van der Waals surface area contributed by atoms with Crippen molar-refractivity contribution in [3.63, 3.8) is 0 Å². The van der Waals surface area contributed by atoms with Crippen molar-refractivity contribution in [1.82, 2.24) is 35.4 Å². The molecule has 13 heteroatoms. The quantitative estimate of drug-likeness (QED) is 0.268. The third-order valence-corrected chi connectivity index (χ3v) is 8.67. The van der Waals surface area contributed by atoms with Gasteiger partial charge in [0.15, 0.2) is 0 Å². The smallest absolute Gasteiger partial charge is 0.326 e. The maximum absolute atomic E-state index is 14.0. The Labute approximate surface area is 248 Å². The molecule has 3 aromatic heterocycles. The number of rotatable bonds is 4. The first-order valence-electron chi connectivity index (χ1n) is 14.2. The molecule has 0 spiro atoms. The fourth-order valence-electron chi connectivity index (χ4n) is 6.56. The molecule has 4 heterocycles. The summed E-state index contributed by atoms with van der Waals surface area (Å²) >= 11 is 0. The van der Waals surface area contributed by atoms with Crippen LogP contribution in [0.4, 0.5) is 18.9 Å². The summed E-state index contributed by atoms with van der Waals surface area (Å²) in [6.07, 6.45) is 7.09. The number of H-pyrrole nitrogens is 1. The van der Waals surface area contributed by atoms with E-state index in [1.165, 1.54) is 29.4 Å². The van der Waals surface area contributed by atoms with Crippen LogP contribution in [0.2, 0.25) is 0 Å². The lowest BCUT2D eigenvalue weighted by Gasteiger charge is -2.32. The van der Waals surface area contributed by atoms with Crippen molar-refractivity contribution >= 4 is 34.8 Å². The Kier molecular flexibility index (Phi) is 5.90. The summed E-state index contributed by atoms with van der Waals surface area (Å²) < 4.78 is 43.2. The number of alkyl halides is 3. The number of hydrogen-bond acceptors (Lipinski definition) is 7. The molecular weight excluding hydrogens is 571 g/mol. The molecule has 0 bridgehead atoms. The van der Waals surface area contributed by atoms with Gasteiger partial charge in [-0.1, -0.05) is 12.1 Å². The van der Waals surface area contributed by atoms with Crippen LogP contribution < -0.4 is 10.7 Å². The van der Waals surface area contributed by atoms with Gasteiger partial charge in [-0.15, -0.1) is 10.2 Å². The second-order valence-corrected chi connectivity index (χ2v) is 11.2. The summed E-state index contributed by atoms with van der Waals surface area (Å²) in [4.78, 5) is 18.7. The number of amides is 1. The van der Waals surface area contributed by atoms with Crippen LogP contribution in [0, 0.1) is 5.92 Å². The van der Waals surface area contributed by atoms with Crippen molar-refractivity contribution in [1.29, 1.82) is 0 Å². The zero-order valence-electron chi connectivity index (χ0n) is 23.0. The molecule has 0 saturated heterocycles. The van der Waals surface area contributed by atoms with Crippen LogP contribution in [0.25, 0.3) is 33.9 Å². The van der Waals surface area contributed by atoms with Gasteiger partial charge >= 0.3 is 6.18 Å². The number of aromatic nitrogens is 6. The third-order valence-electron chi connectivity index (χ3n) is 8.67. The van der Waals surface area contributed by atoms with E-state index < -0.39 is 17.7 Å². The van der Waals surface area contributed by atoms with Gasteiger partial charge in [0.1, 0.15) is 12.7 Å². The molecule has 44 heavy (non-hydrogen) atoms. The van der Waals surface area contributed by atoms with Crippen molar-refractivity contribution in [3.8, 4) is 16.9 Å². The first kappa shape index (κ1) is 26.3. The molecule has 2 aromatic carbocycles. The van der Waals surface area contributed by atoms with E-state index in [1.807, 2.05) is 30.5 Å². The fourth-order valence-corrected chi connectivity index (χ4v) is 6.56. The Balaban J connectivity index is 1.15.